The Morgan fingerprint density at radius 1 is 1.00 bits per heavy atom. The zero-order valence-electron chi connectivity index (χ0n) is 15.0. The zero-order chi connectivity index (χ0) is 19.1. The Morgan fingerprint density at radius 2 is 1.73 bits per heavy atom. The molecule has 0 heterocycles. The van der Waals surface area contributed by atoms with Crippen LogP contribution in [0.4, 0.5) is 5.69 Å². The van der Waals surface area contributed by atoms with E-state index < -0.39 is 11.9 Å². The van der Waals surface area contributed by atoms with Crippen LogP contribution in [0.2, 0.25) is 0 Å². The van der Waals surface area contributed by atoms with Gasteiger partial charge < -0.3 is 14.8 Å². The van der Waals surface area contributed by atoms with Crippen LogP contribution in [0.1, 0.15) is 45.2 Å². The Labute approximate surface area is 152 Å². The highest BCUT2D eigenvalue weighted by Gasteiger charge is 2.12. The van der Waals surface area contributed by atoms with Gasteiger partial charge in [0.25, 0.3) is 0 Å². The summed E-state index contributed by atoms with van der Waals surface area (Å²) in [7, 11) is 1.31. The van der Waals surface area contributed by atoms with E-state index in [1.165, 1.54) is 7.11 Å². The number of ether oxygens (including phenoxy) is 2. The van der Waals surface area contributed by atoms with Gasteiger partial charge in [0, 0.05) is 12.1 Å². The molecule has 0 bridgehead atoms. The molecule has 136 valence electrons. The van der Waals surface area contributed by atoms with Crippen molar-refractivity contribution in [2.75, 3.05) is 12.4 Å². The summed E-state index contributed by atoms with van der Waals surface area (Å²) in [5.41, 5.74) is 2.84. The molecule has 0 saturated heterocycles. The molecule has 0 spiro atoms. The number of amides is 1. The first-order chi connectivity index (χ1) is 12.4. The Balaban J connectivity index is 2.07. The monoisotopic (exact) mass is 355 g/mol. The summed E-state index contributed by atoms with van der Waals surface area (Å²) in [6.07, 6.45) is 0.352. The van der Waals surface area contributed by atoms with E-state index in [4.69, 9.17) is 4.74 Å². The smallest absolute Gasteiger partial charge is 0.338 e. The molecule has 1 amide bonds. The fourth-order valence-electron chi connectivity index (χ4n) is 2.26. The predicted molar refractivity (Wildman–Crippen MR) is 97.0 cm³/mol. The van der Waals surface area contributed by atoms with Crippen molar-refractivity contribution >= 4 is 23.5 Å². The van der Waals surface area contributed by atoms with Crippen LogP contribution in [-0.2, 0) is 20.9 Å². The second kappa shape index (κ2) is 8.80. The lowest BCUT2D eigenvalue weighted by Crippen LogP contribution is -2.12. The Morgan fingerprint density at radius 3 is 2.42 bits per heavy atom. The fourth-order valence-corrected chi connectivity index (χ4v) is 2.26. The first kappa shape index (κ1) is 19.2. The van der Waals surface area contributed by atoms with Crippen molar-refractivity contribution in [2.45, 2.75) is 26.9 Å². The predicted octanol–water partition coefficient (Wildman–Crippen LogP) is 3.49. The topological polar surface area (TPSA) is 81.7 Å². The number of methoxy groups -OCH3 is 1. The second-order valence-corrected chi connectivity index (χ2v) is 5.70. The molecule has 0 atom stereocenters. The highest BCUT2D eigenvalue weighted by atomic mass is 16.5. The van der Waals surface area contributed by atoms with Crippen molar-refractivity contribution in [3.05, 3.63) is 64.7 Å². The number of hydrogen-bond donors (Lipinski definition) is 1. The molecule has 6 heteroatoms. The fraction of sp³-hybridized carbons (Fsp3) is 0.250. The number of carbonyl (C=O) groups is 3. The summed E-state index contributed by atoms with van der Waals surface area (Å²) in [6.45, 7) is 3.62. The molecule has 2 aromatic rings. The molecular formula is C20H21NO5. The van der Waals surface area contributed by atoms with Gasteiger partial charge in [-0.15, -0.1) is 0 Å². The molecule has 0 saturated carbocycles. The maximum Gasteiger partial charge on any atom is 0.338 e. The van der Waals surface area contributed by atoms with Crippen LogP contribution in [-0.4, -0.2) is 25.0 Å². The molecule has 2 rings (SSSR count). The summed E-state index contributed by atoms with van der Waals surface area (Å²) in [5, 5.41) is 2.76. The van der Waals surface area contributed by atoms with E-state index in [1.54, 1.807) is 49.4 Å². The highest BCUT2D eigenvalue weighted by Crippen LogP contribution is 2.18. The van der Waals surface area contributed by atoms with E-state index in [0.29, 0.717) is 28.8 Å². The van der Waals surface area contributed by atoms with Crippen LogP contribution >= 0.6 is 0 Å². The van der Waals surface area contributed by atoms with Gasteiger partial charge in [-0.05, 0) is 42.3 Å². The lowest BCUT2D eigenvalue weighted by molar-refractivity contribution is -0.115. The van der Waals surface area contributed by atoms with Crippen molar-refractivity contribution in [2.24, 2.45) is 0 Å². The lowest BCUT2D eigenvalue weighted by atomic mass is 10.1. The van der Waals surface area contributed by atoms with Crippen molar-refractivity contribution in [1.29, 1.82) is 0 Å². The van der Waals surface area contributed by atoms with Gasteiger partial charge >= 0.3 is 11.9 Å². The maximum atomic E-state index is 12.3. The Hall–Kier alpha value is -3.15. The zero-order valence-corrected chi connectivity index (χ0v) is 15.0. The van der Waals surface area contributed by atoms with E-state index >= 15 is 0 Å². The van der Waals surface area contributed by atoms with E-state index in [1.807, 2.05) is 6.92 Å². The third kappa shape index (κ3) is 4.92. The number of aryl methyl sites for hydroxylation is 1. The van der Waals surface area contributed by atoms with Crippen LogP contribution in [0, 0.1) is 6.92 Å². The van der Waals surface area contributed by atoms with Crippen molar-refractivity contribution in [3.63, 3.8) is 0 Å². The molecule has 1 N–H and O–H groups in total. The van der Waals surface area contributed by atoms with Gasteiger partial charge in [-0.3, -0.25) is 4.79 Å². The minimum Gasteiger partial charge on any atom is -0.465 e. The third-order valence-corrected chi connectivity index (χ3v) is 3.79. The summed E-state index contributed by atoms with van der Waals surface area (Å²) < 4.78 is 9.98. The van der Waals surface area contributed by atoms with E-state index in [2.05, 4.69) is 10.1 Å². The minimum absolute atomic E-state index is 0.0220. The molecule has 0 aliphatic heterocycles. The van der Waals surface area contributed by atoms with Crippen LogP contribution in [0.5, 0.6) is 0 Å². The quantitative estimate of drug-likeness (QED) is 0.802. The van der Waals surface area contributed by atoms with Gasteiger partial charge in [0.1, 0.15) is 6.61 Å². The molecular weight excluding hydrogens is 334 g/mol. The van der Waals surface area contributed by atoms with E-state index in [0.717, 1.165) is 5.56 Å². The van der Waals surface area contributed by atoms with Gasteiger partial charge in [0.2, 0.25) is 5.91 Å². The number of esters is 2. The molecule has 6 nitrogen and oxygen atoms in total. The SMILES string of the molecule is CCC(=O)Nc1cc(C(=O)OCc2cccc(C(=O)OC)c2)ccc1C. The number of rotatable bonds is 6. The average molecular weight is 355 g/mol. The van der Waals surface area contributed by atoms with Gasteiger partial charge in [-0.25, -0.2) is 9.59 Å². The van der Waals surface area contributed by atoms with E-state index in [-0.39, 0.29) is 12.5 Å². The van der Waals surface area contributed by atoms with Gasteiger partial charge in [0.05, 0.1) is 18.2 Å². The Kier molecular flexibility index (Phi) is 6.49. The normalized spacial score (nSPS) is 10.1. The second-order valence-electron chi connectivity index (χ2n) is 5.70. The van der Waals surface area contributed by atoms with Crippen LogP contribution < -0.4 is 5.32 Å². The summed E-state index contributed by atoms with van der Waals surface area (Å²) in [5.74, 6) is -1.09. The number of carbonyl (C=O) groups excluding carboxylic acids is 3. The molecule has 2 aromatic carbocycles. The third-order valence-electron chi connectivity index (χ3n) is 3.79. The summed E-state index contributed by atoms with van der Waals surface area (Å²) in [6, 6.07) is 11.7. The highest BCUT2D eigenvalue weighted by molar-refractivity contribution is 5.95. The van der Waals surface area contributed by atoms with Crippen LogP contribution in [0.25, 0.3) is 0 Å². The standard InChI is InChI=1S/C20H21NO5/c1-4-18(22)21-17-11-16(9-8-13(17)2)20(24)26-12-14-6-5-7-15(10-14)19(23)25-3/h5-11H,4,12H2,1-3H3,(H,21,22). The van der Waals surface area contributed by atoms with Crippen molar-refractivity contribution in [1.82, 2.24) is 0 Å². The number of anilines is 1. The van der Waals surface area contributed by atoms with E-state index in [9.17, 15) is 14.4 Å². The molecule has 0 aliphatic carbocycles. The van der Waals surface area contributed by atoms with Crippen molar-refractivity contribution in [3.8, 4) is 0 Å². The molecule has 0 unspecified atom stereocenters. The molecule has 0 radical (unpaired) electrons. The summed E-state index contributed by atoms with van der Waals surface area (Å²) in [4.78, 5) is 35.4. The molecule has 0 aliphatic rings. The number of hydrogen-bond acceptors (Lipinski definition) is 5. The molecule has 0 aromatic heterocycles. The largest absolute Gasteiger partial charge is 0.465 e. The van der Waals surface area contributed by atoms with Gasteiger partial charge in [-0.2, -0.15) is 0 Å². The molecule has 0 fully saturated rings. The number of benzene rings is 2. The minimum atomic E-state index is -0.513. The summed E-state index contributed by atoms with van der Waals surface area (Å²) >= 11 is 0. The Bertz CT molecular complexity index is 829. The first-order valence-corrected chi connectivity index (χ1v) is 8.19. The number of nitrogens with one attached hydrogen (secondary N) is 1. The van der Waals surface area contributed by atoms with Crippen LogP contribution in [0.3, 0.4) is 0 Å². The van der Waals surface area contributed by atoms with Gasteiger partial charge in [-0.1, -0.05) is 25.1 Å². The lowest BCUT2D eigenvalue weighted by Gasteiger charge is -2.10. The molecule has 26 heavy (non-hydrogen) atoms. The van der Waals surface area contributed by atoms with Crippen LogP contribution in [0.15, 0.2) is 42.5 Å². The van der Waals surface area contributed by atoms with Gasteiger partial charge in [0.15, 0.2) is 0 Å². The first-order valence-electron chi connectivity index (χ1n) is 8.19. The maximum absolute atomic E-state index is 12.3. The van der Waals surface area contributed by atoms with Crippen molar-refractivity contribution < 1.29 is 23.9 Å². The average Bonchev–Trinajstić information content (AvgIpc) is 2.67.